The molecule has 0 amide bonds. The number of carbonyl (C=O) groups excluding carboxylic acids is 1. The summed E-state index contributed by atoms with van der Waals surface area (Å²) in [5.41, 5.74) is 0.463. The lowest BCUT2D eigenvalue weighted by Crippen LogP contribution is -2.22. The van der Waals surface area contributed by atoms with Crippen LogP contribution in [0.2, 0.25) is 0 Å². The molecule has 0 aromatic carbocycles. The molecule has 0 atom stereocenters. The molecule has 0 rings (SSSR count). The second-order valence-electron chi connectivity index (χ2n) is 5.85. The molecule has 1 N–H and O–H groups in total. The summed E-state index contributed by atoms with van der Waals surface area (Å²) in [5, 5.41) is 3.30. The number of esters is 1. The molecule has 0 spiro atoms. The van der Waals surface area contributed by atoms with Crippen LogP contribution in [0.3, 0.4) is 0 Å². The fraction of sp³-hybridized carbons (Fsp3) is 0.833. The van der Waals surface area contributed by atoms with E-state index in [1.807, 2.05) is 0 Å². The predicted molar refractivity (Wildman–Crippen MR) is 97.7 cm³/mol. The minimum atomic E-state index is -0.296. The first kappa shape index (κ1) is 23.7. The summed E-state index contributed by atoms with van der Waals surface area (Å²) in [6.45, 7) is 9.65. The Hall–Kier alpha value is -0.540. The van der Waals surface area contributed by atoms with Crippen LogP contribution in [0.1, 0.15) is 78.1 Å². The van der Waals surface area contributed by atoms with Crippen molar-refractivity contribution in [2.75, 3.05) is 19.7 Å². The van der Waals surface area contributed by atoms with Crippen molar-refractivity contribution in [3.05, 3.63) is 12.2 Å². The third-order valence-electron chi connectivity index (χ3n) is 3.57. The molecule has 22 heavy (non-hydrogen) atoms. The second-order valence-corrected chi connectivity index (χ2v) is 5.85. The Balaban J connectivity index is 0. The monoisotopic (exact) mass is 333 g/mol. The van der Waals surface area contributed by atoms with Crippen molar-refractivity contribution >= 4 is 18.4 Å². The molecule has 0 radical (unpaired) electrons. The third-order valence-corrected chi connectivity index (χ3v) is 3.57. The molecule has 0 aromatic rings. The highest BCUT2D eigenvalue weighted by Crippen LogP contribution is 2.10. The molecular formula is C18H36ClNO2. The van der Waals surface area contributed by atoms with E-state index in [-0.39, 0.29) is 18.4 Å². The summed E-state index contributed by atoms with van der Waals surface area (Å²) < 4.78 is 5.00. The van der Waals surface area contributed by atoms with Gasteiger partial charge in [-0.2, -0.15) is 0 Å². The molecule has 0 heterocycles. The molecule has 132 valence electrons. The van der Waals surface area contributed by atoms with Crippen LogP contribution < -0.4 is 5.32 Å². The Morgan fingerprint density at radius 3 is 1.91 bits per heavy atom. The Kier molecular flexibility index (Phi) is 20.0. The first-order valence-electron chi connectivity index (χ1n) is 8.71. The van der Waals surface area contributed by atoms with Crippen LogP contribution in [0.5, 0.6) is 0 Å². The van der Waals surface area contributed by atoms with E-state index in [0.717, 1.165) is 13.1 Å². The van der Waals surface area contributed by atoms with Crippen LogP contribution >= 0.6 is 12.4 Å². The summed E-state index contributed by atoms with van der Waals surface area (Å²) in [7, 11) is 0. The summed E-state index contributed by atoms with van der Waals surface area (Å²) in [5.74, 6) is -0.296. The van der Waals surface area contributed by atoms with Gasteiger partial charge in [0.05, 0.1) is 0 Å². The van der Waals surface area contributed by atoms with Crippen molar-refractivity contribution in [3.8, 4) is 0 Å². The number of hydrogen-bond acceptors (Lipinski definition) is 3. The average Bonchev–Trinajstić information content (AvgIpc) is 2.47. The fourth-order valence-electron chi connectivity index (χ4n) is 2.20. The van der Waals surface area contributed by atoms with Gasteiger partial charge in [-0.1, -0.05) is 71.3 Å². The first-order chi connectivity index (χ1) is 10.2. The van der Waals surface area contributed by atoms with Crippen molar-refractivity contribution in [2.24, 2.45) is 0 Å². The molecule has 3 nitrogen and oxygen atoms in total. The highest BCUT2D eigenvalue weighted by Gasteiger charge is 2.01. The van der Waals surface area contributed by atoms with E-state index in [2.05, 4.69) is 18.8 Å². The maximum atomic E-state index is 11.1. The quantitative estimate of drug-likeness (QED) is 0.259. The Bertz CT molecular complexity index is 270. The summed E-state index contributed by atoms with van der Waals surface area (Å²) in [6.07, 6.45) is 13.6. The number of hydrogen-bond donors (Lipinski definition) is 1. The number of carbonyl (C=O) groups is 1. The Morgan fingerprint density at radius 2 is 1.41 bits per heavy atom. The third kappa shape index (κ3) is 17.5. The van der Waals surface area contributed by atoms with Gasteiger partial charge in [0, 0.05) is 12.1 Å². The van der Waals surface area contributed by atoms with Crippen LogP contribution in [0.4, 0.5) is 0 Å². The van der Waals surface area contributed by atoms with E-state index in [1.54, 1.807) is 6.92 Å². The molecule has 0 aromatic heterocycles. The lowest BCUT2D eigenvalue weighted by atomic mass is 10.1. The SMILES string of the molecule is C=C(C)C(=O)OCCNCCCCCCCCCCCC.Cl. The van der Waals surface area contributed by atoms with Gasteiger partial charge in [0.1, 0.15) is 6.61 Å². The van der Waals surface area contributed by atoms with Crippen molar-refractivity contribution < 1.29 is 9.53 Å². The van der Waals surface area contributed by atoms with Gasteiger partial charge in [-0.3, -0.25) is 0 Å². The van der Waals surface area contributed by atoms with Gasteiger partial charge < -0.3 is 10.1 Å². The molecule has 4 heteroatoms. The van der Waals surface area contributed by atoms with E-state index in [0.29, 0.717) is 12.2 Å². The topological polar surface area (TPSA) is 38.3 Å². The highest BCUT2D eigenvalue weighted by atomic mass is 35.5. The van der Waals surface area contributed by atoms with Gasteiger partial charge in [-0.25, -0.2) is 4.79 Å². The lowest BCUT2D eigenvalue weighted by molar-refractivity contribution is -0.138. The molecule has 0 saturated carbocycles. The number of ether oxygens (including phenoxy) is 1. The smallest absolute Gasteiger partial charge is 0.333 e. The molecule has 0 fully saturated rings. The first-order valence-corrected chi connectivity index (χ1v) is 8.71. The standard InChI is InChI=1S/C18H35NO2.ClH/c1-4-5-6-7-8-9-10-11-12-13-14-19-15-16-21-18(20)17(2)3;/h19H,2,4-16H2,1,3H3;1H. The summed E-state index contributed by atoms with van der Waals surface area (Å²) in [6, 6.07) is 0. The van der Waals surface area contributed by atoms with E-state index in [9.17, 15) is 4.79 Å². The van der Waals surface area contributed by atoms with Crippen LogP contribution in [0, 0.1) is 0 Å². The van der Waals surface area contributed by atoms with Gasteiger partial charge in [0.15, 0.2) is 0 Å². The van der Waals surface area contributed by atoms with E-state index in [4.69, 9.17) is 4.74 Å². The predicted octanol–water partition coefficient (Wildman–Crippen LogP) is 5.04. The maximum Gasteiger partial charge on any atom is 0.333 e. The summed E-state index contributed by atoms with van der Waals surface area (Å²) in [4.78, 5) is 11.1. The Morgan fingerprint density at radius 1 is 0.909 bits per heavy atom. The summed E-state index contributed by atoms with van der Waals surface area (Å²) >= 11 is 0. The van der Waals surface area contributed by atoms with Crippen LogP contribution in [0.25, 0.3) is 0 Å². The Labute approximate surface area is 143 Å². The molecular weight excluding hydrogens is 298 g/mol. The lowest BCUT2D eigenvalue weighted by Gasteiger charge is -2.06. The fourth-order valence-corrected chi connectivity index (χ4v) is 2.20. The van der Waals surface area contributed by atoms with E-state index < -0.39 is 0 Å². The normalized spacial score (nSPS) is 10.1. The minimum Gasteiger partial charge on any atom is -0.461 e. The number of unbranched alkanes of at least 4 members (excludes halogenated alkanes) is 9. The maximum absolute atomic E-state index is 11.1. The van der Waals surface area contributed by atoms with Crippen molar-refractivity contribution in [1.82, 2.24) is 5.32 Å². The van der Waals surface area contributed by atoms with Crippen LogP contribution in [-0.4, -0.2) is 25.7 Å². The van der Waals surface area contributed by atoms with Crippen molar-refractivity contribution in [1.29, 1.82) is 0 Å². The molecule has 0 bridgehead atoms. The molecule has 0 aliphatic rings. The number of nitrogens with one attached hydrogen (secondary N) is 1. The van der Waals surface area contributed by atoms with Gasteiger partial charge in [-0.15, -0.1) is 12.4 Å². The van der Waals surface area contributed by atoms with E-state index in [1.165, 1.54) is 64.2 Å². The van der Waals surface area contributed by atoms with Crippen molar-refractivity contribution in [2.45, 2.75) is 78.1 Å². The zero-order valence-electron chi connectivity index (χ0n) is 14.6. The molecule has 0 unspecified atom stereocenters. The zero-order chi connectivity index (χ0) is 15.8. The zero-order valence-corrected chi connectivity index (χ0v) is 15.4. The van der Waals surface area contributed by atoms with E-state index >= 15 is 0 Å². The highest BCUT2D eigenvalue weighted by molar-refractivity contribution is 5.86. The molecule has 0 aliphatic heterocycles. The molecule has 0 saturated heterocycles. The van der Waals surface area contributed by atoms with Gasteiger partial charge in [0.2, 0.25) is 0 Å². The number of halogens is 1. The average molecular weight is 334 g/mol. The molecule has 0 aliphatic carbocycles. The van der Waals surface area contributed by atoms with Gasteiger partial charge in [0.25, 0.3) is 0 Å². The van der Waals surface area contributed by atoms with Crippen LogP contribution in [0.15, 0.2) is 12.2 Å². The minimum absolute atomic E-state index is 0. The second kappa shape index (κ2) is 18.5. The van der Waals surface area contributed by atoms with Gasteiger partial charge >= 0.3 is 5.97 Å². The van der Waals surface area contributed by atoms with Gasteiger partial charge in [-0.05, 0) is 19.9 Å². The number of rotatable bonds is 15. The van der Waals surface area contributed by atoms with Crippen molar-refractivity contribution in [3.63, 3.8) is 0 Å². The largest absolute Gasteiger partial charge is 0.461 e. The van der Waals surface area contributed by atoms with Crippen LogP contribution in [-0.2, 0) is 9.53 Å².